The molecular weight excluding hydrogens is 450 g/mol. The van der Waals surface area contributed by atoms with Gasteiger partial charge in [-0.3, -0.25) is 14.4 Å². The summed E-state index contributed by atoms with van der Waals surface area (Å²) in [5.41, 5.74) is 0.893. The molecule has 1 aromatic carbocycles. The van der Waals surface area contributed by atoms with Crippen LogP contribution in [0.1, 0.15) is 61.9 Å². The summed E-state index contributed by atoms with van der Waals surface area (Å²) in [5.74, 6) is -3.75. The number of ketones is 3. The Labute approximate surface area is 193 Å². The second-order valence-electron chi connectivity index (χ2n) is 8.60. The van der Waals surface area contributed by atoms with Crippen molar-refractivity contribution in [2.45, 2.75) is 58.5 Å². The Hall–Kier alpha value is -2.75. The molecule has 0 saturated carbocycles. The fourth-order valence-electron chi connectivity index (χ4n) is 3.55. The van der Waals surface area contributed by atoms with Crippen LogP contribution in [0.4, 0.5) is 5.69 Å². The van der Waals surface area contributed by atoms with Crippen LogP contribution in [0, 0.1) is 5.92 Å². The first-order chi connectivity index (χ1) is 15.4. The zero-order valence-electron chi connectivity index (χ0n) is 19.2. The van der Waals surface area contributed by atoms with Gasteiger partial charge in [-0.25, -0.2) is 13.2 Å². The van der Waals surface area contributed by atoms with E-state index in [1.807, 2.05) is 0 Å². The topological polar surface area (TPSA) is 144 Å². The summed E-state index contributed by atoms with van der Waals surface area (Å²) in [4.78, 5) is 49.1. The lowest BCUT2D eigenvalue weighted by atomic mass is 9.94. The molecule has 0 amide bonds. The van der Waals surface area contributed by atoms with Gasteiger partial charge in [0, 0.05) is 37.4 Å². The molecule has 0 bridgehead atoms. The molecule has 1 aromatic rings. The van der Waals surface area contributed by atoms with Crippen molar-refractivity contribution in [3.8, 4) is 5.75 Å². The van der Waals surface area contributed by atoms with Crippen molar-refractivity contribution >= 4 is 38.8 Å². The largest absolute Gasteiger partial charge is 0.507 e. The number of sulfone groups is 1. The molecule has 0 aliphatic carbocycles. The molecule has 2 rings (SSSR count). The third-order valence-corrected chi connectivity index (χ3v) is 6.73. The number of carbonyl (C=O) groups excluding carboxylic acids is 4. The van der Waals surface area contributed by atoms with Crippen molar-refractivity contribution in [3.05, 3.63) is 23.3 Å². The Kier molecular flexibility index (Phi) is 9.16. The fraction of sp³-hybridized carbons (Fsp3) is 0.565. The Balaban J connectivity index is 2.30. The lowest BCUT2D eigenvalue weighted by Crippen LogP contribution is -2.27. The van der Waals surface area contributed by atoms with E-state index in [-0.39, 0.29) is 55.1 Å². The number of hydrogen-bond acceptors (Lipinski definition) is 9. The normalized spacial score (nSPS) is 21.2. The van der Waals surface area contributed by atoms with E-state index in [0.717, 1.165) is 6.26 Å². The summed E-state index contributed by atoms with van der Waals surface area (Å²) >= 11 is 0. The Morgan fingerprint density at radius 3 is 2.39 bits per heavy atom. The molecule has 182 valence electrons. The van der Waals surface area contributed by atoms with Gasteiger partial charge >= 0.3 is 5.97 Å². The minimum atomic E-state index is -3.09. The van der Waals surface area contributed by atoms with Crippen molar-refractivity contribution < 1.29 is 37.4 Å². The molecule has 2 atom stereocenters. The Bertz CT molecular complexity index is 1030. The summed E-state index contributed by atoms with van der Waals surface area (Å²) in [6.45, 7) is 3.77. The first-order valence-electron chi connectivity index (χ1n) is 11.0. The summed E-state index contributed by atoms with van der Waals surface area (Å²) in [6.07, 6.45) is 1.34. The maximum atomic E-state index is 12.9. The van der Waals surface area contributed by atoms with E-state index in [1.165, 1.54) is 6.07 Å². The quantitative estimate of drug-likeness (QED) is 0.367. The molecule has 9 nitrogen and oxygen atoms in total. The number of rotatable bonds is 5. The van der Waals surface area contributed by atoms with E-state index in [9.17, 15) is 32.7 Å². The van der Waals surface area contributed by atoms with Crippen LogP contribution >= 0.6 is 0 Å². The average molecular weight is 482 g/mol. The third-order valence-electron chi connectivity index (χ3n) is 5.70. The predicted molar refractivity (Wildman–Crippen MR) is 122 cm³/mol. The van der Waals surface area contributed by atoms with Crippen LogP contribution in [-0.4, -0.2) is 61.5 Å². The van der Waals surface area contributed by atoms with Gasteiger partial charge in [-0.05, 0) is 50.2 Å². The zero-order valence-corrected chi connectivity index (χ0v) is 20.0. The van der Waals surface area contributed by atoms with Gasteiger partial charge < -0.3 is 15.2 Å². The van der Waals surface area contributed by atoms with Crippen molar-refractivity contribution in [2.75, 3.05) is 23.9 Å². The van der Waals surface area contributed by atoms with Gasteiger partial charge in [0.15, 0.2) is 0 Å². The van der Waals surface area contributed by atoms with E-state index < -0.39 is 39.3 Å². The number of hydrogen-bond donors (Lipinski definition) is 2. The molecule has 10 heteroatoms. The van der Waals surface area contributed by atoms with Gasteiger partial charge in [0.2, 0.25) is 11.6 Å². The second-order valence-corrected chi connectivity index (χ2v) is 10.9. The molecule has 0 aromatic heterocycles. The van der Waals surface area contributed by atoms with Gasteiger partial charge in [0.05, 0.1) is 5.75 Å². The maximum Gasteiger partial charge on any atom is 0.342 e. The number of aromatic hydroxyl groups is 1. The molecule has 0 unspecified atom stereocenters. The first kappa shape index (κ1) is 26.5. The molecule has 0 radical (unpaired) electrons. The Morgan fingerprint density at radius 1 is 1.06 bits per heavy atom. The number of carbonyl (C=O) groups is 4. The van der Waals surface area contributed by atoms with E-state index >= 15 is 0 Å². The van der Waals surface area contributed by atoms with Crippen LogP contribution in [0.5, 0.6) is 5.75 Å². The fourth-order valence-corrected chi connectivity index (χ4v) is 4.22. The van der Waals surface area contributed by atoms with Crippen LogP contribution in [0.2, 0.25) is 0 Å². The van der Waals surface area contributed by atoms with Crippen LogP contribution < -0.4 is 5.32 Å². The van der Waals surface area contributed by atoms with Gasteiger partial charge in [-0.2, -0.15) is 0 Å². The second kappa shape index (κ2) is 11.4. The minimum Gasteiger partial charge on any atom is -0.507 e. The van der Waals surface area contributed by atoms with Gasteiger partial charge in [0.25, 0.3) is 5.78 Å². The number of esters is 1. The van der Waals surface area contributed by atoms with Gasteiger partial charge in [0.1, 0.15) is 27.3 Å². The molecule has 0 spiro atoms. The third kappa shape index (κ3) is 7.96. The molecule has 1 aliphatic rings. The van der Waals surface area contributed by atoms with Crippen LogP contribution in [0.15, 0.2) is 12.1 Å². The lowest BCUT2D eigenvalue weighted by molar-refractivity contribution is -0.144. The molecule has 1 heterocycles. The zero-order chi connectivity index (χ0) is 24.8. The number of fused-ring (bicyclic) bond motifs is 1. The Morgan fingerprint density at radius 2 is 1.73 bits per heavy atom. The number of phenols is 1. The molecule has 2 N–H and O–H groups in total. The van der Waals surface area contributed by atoms with Crippen molar-refractivity contribution in [1.29, 1.82) is 0 Å². The summed E-state index contributed by atoms with van der Waals surface area (Å²) < 4.78 is 28.1. The van der Waals surface area contributed by atoms with E-state index in [2.05, 4.69) is 5.32 Å². The number of phenolic OH excluding ortho intramolecular Hbond substituents is 1. The van der Waals surface area contributed by atoms with Gasteiger partial charge in [-0.15, -0.1) is 0 Å². The SMILES string of the molecule is C[C@@H]1CCC(=O)C(=O)C(=O)CCCc2cc(NCCCS(C)(=O)=O)cc(O)c2C(=O)O[C@H]1C. The number of cyclic esters (lactones) is 1. The number of anilines is 1. The molecule has 33 heavy (non-hydrogen) atoms. The van der Waals surface area contributed by atoms with Crippen LogP contribution in [0.25, 0.3) is 0 Å². The average Bonchev–Trinajstić information content (AvgIpc) is 2.72. The minimum absolute atomic E-state index is 0.00812. The summed E-state index contributed by atoms with van der Waals surface area (Å²) in [7, 11) is -3.09. The lowest BCUT2D eigenvalue weighted by Gasteiger charge is -2.22. The molecule has 1 aliphatic heterocycles. The smallest absolute Gasteiger partial charge is 0.342 e. The van der Waals surface area contributed by atoms with E-state index in [4.69, 9.17) is 4.74 Å². The molecule has 0 saturated heterocycles. The van der Waals surface area contributed by atoms with Gasteiger partial charge in [-0.1, -0.05) is 6.92 Å². The first-order valence-corrected chi connectivity index (χ1v) is 13.0. The monoisotopic (exact) mass is 481 g/mol. The van der Waals surface area contributed by atoms with Crippen LogP contribution in [0.3, 0.4) is 0 Å². The number of ether oxygens (including phenoxy) is 1. The number of benzene rings is 1. The predicted octanol–water partition coefficient (Wildman–Crippen LogP) is 2.24. The highest BCUT2D eigenvalue weighted by Gasteiger charge is 2.27. The molecule has 0 fully saturated rings. The highest BCUT2D eigenvalue weighted by Crippen LogP contribution is 2.30. The van der Waals surface area contributed by atoms with E-state index in [1.54, 1.807) is 19.9 Å². The molecular formula is C23H31NO8S. The number of Topliss-reactive ketones (excluding diaryl/α,β-unsaturated/α-hetero) is 3. The number of nitrogens with one attached hydrogen (secondary N) is 1. The highest BCUT2D eigenvalue weighted by molar-refractivity contribution is 7.90. The standard InChI is InChI=1S/C23H31NO8S/c1-14-8-9-19(26)22(28)18(25)7-4-6-16-12-17(24-10-5-11-33(3,30)31)13-20(27)21(16)23(29)32-15(14)2/h12-15,24,27H,4-11H2,1-3H3/t14-,15+/m1/s1. The van der Waals surface area contributed by atoms with Crippen molar-refractivity contribution in [1.82, 2.24) is 0 Å². The number of aryl methyl sites for hydroxylation is 1. The highest BCUT2D eigenvalue weighted by atomic mass is 32.2. The van der Waals surface area contributed by atoms with Crippen LogP contribution in [-0.2, 0) is 35.4 Å². The van der Waals surface area contributed by atoms with Crippen molar-refractivity contribution in [2.24, 2.45) is 5.92 Å². The summed E-state index contributed by atoms with van der Waals surface area (Å²) in [6, 6.07) is 3.00. The maximum absolute atomic E-state index is 12.9. The van der Waals surface area contributed by atoms with Crippen molar-refractivity contribution in [3.63, 3.8) is 0 Å². The van der Waals surface area contributed by atoms with E-state index in [0.29, 0.717) is 24.2 Å². The summed E-state index contributed by atoms with van der Waals surface area (Å²) in [5, 5.41) is 13.6.